The molecule has 2 aromatic heterocycles. The summed E-state index contributed by atoms with van der Waals surface area (Å²) < 4.78 is 5.18. The Kier molecular flexibility index (Phi) is 10.3. The van der Waals surface area contributed by atoms with Gasteiger partial charge in [0.2, 0.25) is 5.95 Å². The smallest absolute Gasteiger partial charge is 0.407 e. The molecule has 0 fully saturated rings. The topological polar surface area (TPSA) is 130 Å². The summed E-state index contributed by atoms with van der Waals surface area (Å²) in [5, 5.41) is 11.9. The average Bonchev–Trinajstić information content (AvgIpc) is 2.77. The number of nitrogens with zero attached hydrogens (tertiary/aromatic N) is 3. The first-order valence-corrected chi connectivity index (χ1v) is 11.3. The van der Waals surface area contributed by atoms with E-state index < -0.39 is 11.7 Å². The molecule has 0 unspecified atom stereocenters. The van der Waals surface area contributed by atoms with Crippen molar-refractivity contribution in [3.05, 3.63) is 41.9 Å². The van der Waals surface area contributed by atoms with Crippen LogP contribution in [0.15, 0.2) is 30.7 Å². The standard InChI is InChI=1S/C23H35N7O3/c1-5-10-25-19-18(20(31)26-11-6-12-28-22(32)33-23(2,3)4)16-29-21(30-19)27-15-9-17-7-13-24-14-8-17/h7-8,13-14,16H,5-6,9-12,15H2,1-4H3,(H,26,31)(H,28,32)(H2,25,27,29,30). The molecule has 2 amide bonds. The molecular formula is C23H35N7O3. The minimum atomic E-state index is -0.541. The fourth-order valence-corrected chi connectivity index (χ4v) is 2.77. The van der Waals surface area contributed by atoms with Crippen LogP contribution in [0.2, 0.25) is 0 Å². The second-order valence-electron chi connectivity index (χ2n) is 8.45. The zero-order valence-electron chi connectivity index (χ0n) is 19.9. The Morgan fingerprint density at radius 1 is 1.00 bits per heavy atom. The van der Waals surface area contributed by atoms with E-state index >= 15 is 0 Å². The minimum absolute atomic E-state index is 0.269. The summed E-state index contributed by atoms with van der Waals surface area (Å²) >= 11 is 0. The number of nitrogens with one attached hydrogen (secondary N) is 4. The first-order valence-electron chi connectivity index (χ1n) is 11.3. The van der Waals surface area contributed by atoms with Crippen molar-refractivity contribution in [3.63, 3.8) is 0 Å². The van der Waals surface area contributed by atoms with E-state index in [-0.39, 0.29) is 5.91 Å². The van der Waals surface area contributed by atoms with E-state index in [1.165, 1.54) is 11.8 Å². The molecule has 10 heteroatoms. The molecule has 180 valence electrons. The van der Waals surface area contributed by atoms with Gasteiger partial charge in [0.25, 0.3) is 5.91 Å². The summed E-state index contributed by atoms with van der Waals surface area (Å²) in [5.74, 6) is 0.678. The van der Waals surface area contributed by atoms with Crippen LogP contribution in [-0.4, -0.2) is 58.7 Å². The van der Waals surface area contributed by atoms with Crippen LogP contribution < -0.4 is 21.3 Å². The molecule has 2 rings (SSSR count). The van der Waals surface area contributed by atoms with Crippen LogP contribution in [0.25, 0.3) is 0 Å². The molecule has 0 saturated carbocycles. The van der Waals surface area contributed by atoms with E-state index in [0.29, 0.717) is 49.9 Å². The molecule has 2 aromatic rings. The number of anilines is 2. The quantitative estimate of drug-likeness (QED) is 0.358. The van der Waals surface area contributed by atoms with Crippen molar-refractivity contribution in [2.45, 2.75) is 52.6 Å². The van der Waals surface area contributed by atoms with Gasteiger partial charge < -0.3 is 26.0 Å². The van der Waals surface area contributed by atoms with Crippen LogP contribution in [0.3, 0.4) is 0 Å². The van der Waals surface area contributed by atoms with Crippen molar-refractivity contribution in [3.8, 4) is 0 Å². The van der Waals surface area contributed by atoms with Gasteiger partial charge in [0, 0.05) is 44.8 Å². The van der Waals surface area contributed by atoms with Gasteiger partial charge >= 0.3 is 6.09 Å². The van der Waals surface area contributed by atoms with Crippen LogP contribution in [0, 0.1) is 0 Å². The first kappa shape index (κ1) is 25.8. The van der Waals surface area contributed by atoms with Crippen LogP contribution in [0.5, 0.6) is 0 Å². The van der Waals surface area contributed by atoms with Gasteiger partial charge in [-0.25, -0.2) is 9.78 Å². The summed E-state index contributed by atoms with van der Waals surface area (Å²) in [6.07, 6.45) is 6.85. The van der Waals surface area contributed by atoms with Crippen molar-refractivity contribution in [1.82, 2.24) is 25.6 Å². The zero-order valence-corrected chi connectivity index (χ0v) is 19.9. The third-order valence-electron chi connectivity index (χ3n) is 4.33. The summed E-state index contributed by atoms with van der Waals surface area (Å²) in [7, 11) is 0. The van der Waals surface area contributed by atoms with Gasteiger partial charge in [-0.2, -0.15) is 4.98 Å². The van der Waals surface area contributed by atoms with E-state index in [0.717, 1.165) is 12.8 Å². The van der Waals surface area contributed by atoms with Crippen LogP contribution >= 0.6 is 0 Å². The Morgan fingerprint density at radius 3 is 2.42 bits per heavy atom. The fraction of sp³-hybridized carbons (Fsp3) is 0.522. The molecule has 10 nitrogen and oxygen atoms in total. The van der Waals surface area contributed by atoms with Gasteiger partial charge in [-0.3, -0.25) is 9.78 Å². The van der Waals surface area contributed by atoms with E-state index in [1.807, 2.05) is 19.1 Å². The number of aromatic nitrogens is 3. The number of amides is 2. The second kappa shape index (κ2) is 13.2. The molecule has 0 aliphatic rings. The van der Waals surface area contributed by atoms with Gasteiger partial charge in [0.05, 0.1) is 0 Å². The highest BCUT2D eigenvalue weighted by Crippen LogP contribution is 2.14. The lowest BCUT2D eigenvalue weighted by Crippen LogP contribution is -2.34. The lowest BCUT2D eigenvalue weighted by molar-refractivity contribution is 0.0527. The predicted molar refractivity (Wildman–Crippen MR) is 128 cm³/mol. The molecule has 0 atom stereocenters. The minimum Gasteiger partial charge on any atom is -0.444 e. The van der Waals surface area contributed by atoms with E-state index in [2.05, 4.69) is 36.2 Å². The average molecular weight is 458 g/mol. The zero-order chi connectivity index (χ0) is 24.1. The van der Waals surface area contributed by atoms with E-state index in [4.69, 9.17) is 4.74 Å². The predicted octanol–water partition coefficient (Wildman–Crippen LogP) is 2.99. The number of rotatable bonds is 12. The second-order valence-corrected chi connectivity index (χ2v) is 8.45. The molecule has 0 aliphatic heterocycles. The maximum Gasteiger partial charge on any atom is 0.407 e. The van der Waals surface area contributed by atoms with Gasteiger partial charge in [0.1, 0.15) is 17.0 Å². The van der Waals surface area contributed by atoms with E-state index in [1.54, 1.807) is 33.2 Å². The molecule has 0 spiro atoms. The SMILES string of the molecule is CCCNc1nc(NCCc2ccncc2)ncc1C(=O)NCCCNC(=O)OC(C)(C)C. The summed E-state index contributed by atoms with van der Waals surface area (Å²) in [5.41, 5.74) is 1.00. The number of ether oxygens (including phenoxy) is 1. The van der Waals surface area contributed by atoms with Crippen molar-refractivity contribution >= 4 is 23.8 Å². The van der Waals surface area contributed by atoms with Crippen molar-refractivity contribution in [1.29, 1.82) is 0 Å². The van der Waals surface area contributed by atoms with Gasteiger partial charge in [-0.15, -0.1) is 0 Å². The van der Waals surface area contributed by atoms with Crippen LogP contribution in [0.4, 0.5) is 16.6 Å². The van der Waals surface area contributed by atoms with Gasteiger partial charge in [-0.1, -0.05) is 6.92 Å². The monoisotopic (exact) mass is 457 g/mol. The third kappa shape index (κ3) is 10.2. The van der Waals surface area contributed by atoms with Gasteiger partial charge in [0.15, 0.2) is 0 Å². The Labute approximate surface area is 195 Å². The molecule has 0 bridgehead atoms. The maximum absolute atomic E-state index is 12.7. The summed E-state index contributed by atoms with van der Waals surface area (Å²) in [6.45, 7) is 9.60. The molecule has 0 aliphatic carbocycles. The molecule has 4 N–H and O–H groups in total. The molecular weight excluding hydrogens is 422 g/mol. The lowest BCUT2D eigenvalue weighted by atomic mass is 10.2. The highest BCUT2D eigenvalue weighted by Gasteiger charge is 2.16. The Hall–Kier alpha value is -3.43. The number of alkyl carbamates (subject to hydrolysis) is 1. The molecule has 0 aromatic carbocycles. The van der Waals surface area contributed by atoms with Crippen molar-refractivity contribution < 1.29 is 14.3 Å². The van der Waals surface area contributed by atoms with Crippen LogP contribution in [0.1, 0.15) is 56.5 Å². The highest BCUT2D eigenvalue weighted by molar-refractivity contribution is 5.98. The Bertz CT molecular complexity index is 885. The number of hydrogen-bond donors (Lipinski definition) is 4. The van der Waals surface area contributed by atoms with Crippen LogP contribution in [-0.2, 0) is 11.2 Å². The molecule has 33 heavy (non-hydrogen) atoms. The normalized spacial score (nSPS) is 10.9. The maximum atomic E-state index is 12.7. The van der Waals surface area contributed by atoms with Crippen molar-refractivity contribution in [2.75, 3.05) is 36.8 Å². The fourth-order valence-electron chi connectivity index (χ4n) is 2.77. The van der Waals surface area contributed by atoms with Crippen molar-refractivity contribution in [2.24, 2.45) is 0 Å². The van der Waals surface area contributed by atoms with E-state index in [9.17, 15) is 9.59 Å². The Morgan fingerprint density at radius 2 is 1.73 bits per heavy atom. The lowest BCUT2D eigenvalue weighted by Gasteiger charge is -2.19. The summed E-state index contributed by atoms with van der Waals surface area (Å²) in [4.78, 5) is 37.1. The summed E-state index contributed by atoms with van der Waals surface area (Å²) in [6, 6.07) is 3.93. The molecule has 0 saturated heterocycles. The largest absolute Gasteiger partial charge is 0.444 e. The number of carbonyl (C=O) groups is 2. The number of hydrogen-bond acceptors (Lipinski definition) is 8. The first-order chi connectivity index (χ1) is 15.8. The Balaban J connectivity index is 1.84. The highest BCUT2D eigenvalue weighted by atomic mass is 16.6. The van der Waals surface area contributed by atoms with Gasteiger partial charge in [-0.05, 0) is 57.7 Å². The molecule has 0 radical (unpaired) electrons. The third-order valence-corrected chi connectivity index (χ3v) is 4.33. The molecule has 2 heterocycles. The number of pyridine rings is 1. The number of carbonyl (C=O) groups excluding carboxylic acids is 2.